The highest BCUT2D eigenvalue weighted by atomic mass is 16.5. The van der Waals surface area contributed by atoms with Gasteiger partial charge in [-0.15, -0.1) is 0 Å². The number of nitrogens with one attached hydrogen (secondary N) is 1. The minimum atomic E-state index is -1.50. The Balaban J connectivity index is 2.79. The fourth-order valence-corrected chi connectivity index (χ4v) is 2.31. The van der Waals surface area contributed by atoms with E-state index in [1.54, 1.807) is 45.0 Å². The molecule has 0 fully saturated rings. The van der Waals surface area contributed by atoms with Gasteiger partial charge in [0.2, 0.25) is 0 Å². The first-order valence-electron chi connectivity index (χ1n) is 8.44. The summed E-state index contributed by atoms with van der Waals surface area (Å²) in [6, 6.07) is 6.76. The van der Waals surface area contributed by atoms with Crippen LogP contribution in [0.1, 0.15) is 26.3 Å². The molecule has 2 atom stereocenters. The molecule has 0 heterocycles. The first kappa shape index (κ1) is 21.4. The van der Waals surface area contributed by atoms with Crippen molar-refractivity contribution in [2.75, 3.05) is 13.2 Å². The van der Waals surface area contributed by atoms with E-state index >= 15 is 0 Å². The molecule has 8 nitrogen and oxygen atoms in total. The van der Waals surface area contributed by atoms with Crippen molar-refractivity contribution in [3.63, 3.8) is 0 Å². The standard InChI is InChI=1S/C18H26N2O6/c1-4-26-17(24)15(21)11-20(12(2)3)18(25)19-14(16(22)23)10-13-8-6-5-7-9-13/h5-9,12,14-15,21H,4,10-11H2,1-3H3,(H,19,25)(H,22,23)/t14-,15?/m0/s1. The molecular formula is C18H26N2O6. The number of esters is 1. The topological polar surface area (TPSA) is 116 Å². The van der Waals surface area contributed by atoms with Crippen molar-refractivity contribution in [3.05, 3.63) is 35.9 Å². The zero-order chi connectivity index (χ0) is 19.7. The van der Waals surface area contributed by atoms with Crippen molar-refractivity contribution in [1.29, 1.82) is 0 Å². The molecule has 0 aromatic heterocycles. The number of carbonyl (C=O) groups excluding carboxylic acids is 2. The summed E-state index contributed by atoms with van der Waals surface area (Å²) in [6.45, 7) is 4.83. The van der Waals surface area contributed by atoms with Gasteiger partial charge >= 0.3 is 18.0 Å². The molecule has 0 saturated heterocycles. The van der Waals surface area contributed by atoms with E-state index in [0.29, 0.717) is 0 Å². The Morgan fingerprint density at radius 2 is 1.81 bits per heavy atom. The van der Waals surface area contributed by atoms with E-state index in [9.17, 15) is 24.6 Å². The highest BCUT2D eigenvalue weighted by molar-refractivity contribution is 5.83. The number of carboxylic acid groups (broad SMARTS) is 1. The Kier molecular flexibility index (Phi) is 8.57. The third-order valence-electron chi connectivity index (χ3n) is 3.69. The molecule has 1 aromatic rings. The molecule has 0 radical (unpaired) electrons. The monoisotopic (exact) mass is 366 g/mol. The van der Waals surface area contributed by atoms with Crippen LogP contribution in [0, 0.1) is 0 Å². The van der Waals surface area contributed by atoms with E-state index in [4.69, 9.17) is 4.74 Å². The van der Waals surface area contributed by atoms with Crippen LogP contribution >= 0.6 is 0 Å². The summed E-state index contributed by atoms with van der Waals surface area (Å²) in [5.41, 5.74) is 0.767. The molecule has 0 spiro atoms. The number of aliphatic hydroxyl groups excluding tert-OH is 1. The number of benzene rings is 1. The molecule has 0 saturated carbocycles. The first-order valence-corrected chi connectivity index (χ1v) is 8.44. The van der Waals surface area contributed by atoms with Crippen molar-refractivity contribution in [2.24, 2.45) is 0 Å². The maximum Gasteiger partial charge on any atom is 0.336 e. The normalized spacial score (nSPS) is 13.0. The van der Waals surface area contributed by atoms with Gasteiger partial charge in [-0.2, -0.15) is 0 Å². The number of carboxylic acids is 1. The molecule has 26 heavy (non-hydrogen) atoms. The summed E-state index contributed by atoms with van der Waals surface area (Å²) in [7, 11) is 0. The van der Waals surface area contributed by atoms with Crippen molar-refractivity contribution >= 4 is 18.0 Å². The van der Waals surface area contributed by atoms with Gasteiger partial charge in [0.1, 0.15) is 6.04 Å². The summed E-state index contributed by atoms with van der Waals surface area (Å²) < 4.78 is 4.72. The molecule has 0 bridgehead atoms. The molecule has 2 amide bonds. The quantitative estimate of drug-likeness (QED) is 0.562. The predicted molar refractivity (Wildman–Crippen MR) is 94.6 cm³/mol. The number of rotatable bonds is 9. The van der Waals surface area contributed by atoms with Gasteiger partial charge in [-0.05, 0) is 26.3 Å². The fourth-order valence-electron chi connectivity index (χ4n) is 2.31. The largest absolute Gasteiger partial charge is 0.480 e. The third kappa shape index (κ3) is 6.72. The molecule has 1 unspecified atom stereocenters. The van der Waals surface area contributed by atoms with Crippen molar-refractivity contribution < 1.29 is 29.3 Å². The van der Waals surface area contributed by atoms with Crippen LogP contribution in [0.2, 0.25) is 0 Å². The lowest BCUT2D eigenvalue weighted by Crippen LogP contribution is -2.53. The van der Waals surface area contributed by atoms with E-state index in [2.05, 4.69) is 5.32 Å². The first-order chi connectivity index (χ1) is 12.3. The summed E-state index contributed by atoms with van der Waals surface area (Å²) in [5, 5.41) is 21.7. The smallest absolute Gasteiger partial charge is 0.336 e. The van der Waals surface area contributed by atoms with Crippen LogP contribution in [0.5, 0.6) is 0 Å². The average molecular weight is 366 g/mol. The molecular weight excluding hydrogens is 340 g/mol. The Hall–Kier alpha value is -2.61. The molecule has 3 N–H and O–H groups in total. The zero-order valence-electron chi connectivity index (χ0n) is 15.2. The van der Waals surface area contributed by atoms with E-state index < -0.39 is 30.1 Å². The Morgan fingerprint density at radius 3 is 2.31 bits per heavy atom. The number of aliphatic carboxylic acids is 1. The van der Waals surface area contributed by atoms with Crippen LogP contribution in [0.25, 0.3) is 0 Å². The zero-order valence-corrected chi connectivity index (χ0v) is 15.2. The number of carbonyl (C=O) groups is 3. The lowest BCUT2D eigenvalue weighted by atomic mass is 10.1. The lowest BCUT2D eigenvalue weighted by Gasteiger charge is -2.29. The number of hydrogen-bond donors (Lipinski definition) is 3. The average Bonchev–Trinajstić information content (AvgIpc) is 2.59. The van der Waals surface area contributed by atoms with Crippen LogP contribution in [-0.4, -0.2) is 64.4 Å². The van der Waals surface area contributed by atoms with E-state index in [-0.39, 0.29) is 25.6 Å². The number of amides is 2. The lowest BCUT2D eigenvalue weighted by molar-refractivity contribution is -0.153. The Morgan fingerprint density at radius 1 is 1.19 bits per heavy atom. The minimum absolute atomic E-state index is 0.113. The second-order valence-corrected chi connectivity index (χ2v) is 6.04. The molecule has 1 rings (SSSR count). The highest BCUT2D eigenvalue weighted by Crippen LogP contribution is 2.07. The van der Waals surface area contributed by atoms with Gasteiger partial charge in [-0.25, -0.2) is 14.4 Å². The van der Waals surface area contributed by atoms with Crippen LogP contribution in [0.3, 0.4) is 0 Å². The second-order valence-electron chi connectivity index (χ2n) is 6.04. The minimum Gasteiger partial charge on any atom is -0.480 e. The summed E-state index contributed by atoms with van der Waals surface area (Å²) in [6.07, 6.45) is -1.38. The number of hydrogen-bond acceptors (Lipinski definition) is 5. The molecule has 0 aliphatic heterocycles. The number of ether oxygens (including phenoxy) is 1. The second kappa shape index (κ2) is 10.4. The third-order valence-corrected chi connectivity index (χ3v) is 3.69. The fraction of sp³-hybridized carbons (Fsp3) is 0.500. The molecule has 0 aliphatic carbocycles. The maximum absolute atomic E-state index is 12.5. The summed E-state index contributed by atoms with van der Waals surface area (Å²) in [5.74, 6) is -2.00. The van der Waals surface area contributed by atoms with Crippen molar-refractivity contribution in [1.82, 2.24) is 10.2 Å². The molecule has 0 aliphatic rings. The molecule has 144 valence electrons. The van der Waals surface area contributed by atoms with Gasteiger partial charge < -0.3 is 25.2 Å². The van der Waals surface area contributed by atoms with Gasteiger partial charge in [0.15, 0.2) is 6.10 Å². The Bertz CT molecular complexity index is 605. The van der Waals surface area contributed by atoms with Gasteiger partial charge in [0, 0.05) is 12.5 Å². The van der Waals surface area contributed by atoms with Crippen LogP contribution in [-0.2, 0) is 20.7 Å². The number of urea groups is 1. The Labute approximate surface area is 152 Å². The van der Waals surface area contributed by atoms with E-state index in [1.807, 2.05) is 6.07 Å². The van der Waals surface area contributed by atoms with Gasteiger partial charge in [-0.1, -0.05) is 30.3 Å². The van der Waals surface area contributed by atoms with E-state index in [1.165, 1.54) is 4.90 Å². The molecule has 8 heteroatoms. The van der Waals surface area contributed by atoms with Crippen LogP contribution in [0.4, 0.5) is 4.79 Å². The highest BCUT2D eigenvalue weighted by Gasteiger charge is 2.28. The van der Waals surface area contributed by atoms with Gasteiger partial charge in [0.25, 0.3) is 0 Å². The molecule has 1 aromatic carbocycles. The van der Waals surface area contributed by atoms with Gasteiger partial charge in [0.05, 0.1) is 13.2 Å². The summed E-state index contributed by atoms with van der Waals surface area (Å²) >= 11 is 0. The van der Waals surface area contributed by atoms with Crippen molar-refractivity contribution in [3.8, 4) is 0 Å². The van der Waals surface area contributed by atoms with Crippen LogP contribution < -0.4 is 5.32 Å². The summed E-state index contributed by atoms with van der Waals surface area (Å²) in [4.78, 5) is 36.8. The van der Waals surface area contributed by atoms with E-state index in [0.717, 1.165) is 5.56 Å². The van der Waals surface area contributed by atoms with Crippen LogP contribution in [0.15, 0.2) is 30.3 Å². The SMILES string of the molecule is CCOC(=O)C(O)CN(C(=O)N[C@@H](Cc1ccccc1)C(=O)O)C(C)C. The number of aliphatic hydroxyl groups is 1. The maximum atomic E-state index is 12.5. The van der Waals surface area contributed by atoms with Crippen molar-refractivity contribution in [2.45, 2.75) is 45.4 Å². The van der Waals surface area contributed by atoms with Gasteiger partial charge in [-0.3, -0.25) is 0 Å². The predicted octanol–water partition coefficient (Wildman–Crippen LogP) is 1.03. The number of nitrogens with zero attached hydrogens (tertiary/aromatic N) is 1.